The maximum atomic E-state index is 13.2. The van der Waals surface area contributed by atoms with E-state index in [1.54, 1.807) is 28.5 Å². The van der Waals surface area contributed by atoms with Crippen LogP contribution < -0.4 is 10.9 Å². The maximum Gasteiger partial charge on any atom is 0.266 e. The molecule has 0 amide bonds. The van der Waals surface area contributed by atoms with Crippen molar-refractivity contribution in [3.05, 3.63) is 99.8 Å². The molecule has 4 nitrogen and oxygen atoms in total. The Morgan fingerprint density at radius 1 is 0.933 bits per heavy atom. The summed E-state index contributed by atoms with van der Waals surface area (Å²) in [7, 11) is 0. The minimum atomic E-state index is -0.0624. The van der Waals surface area contributed by atoms with Crippen molar-refractivity contribution in [2.75, 3.05) is 12.3 Å². The number of halogens is 1. The van der Waals surface area contributed by atoms with Gasteiger partial charge in [-0.15, -0.1) is 0 Å². The predicted octanol–water partition coefficient (Wildman–Crippen LogP) is 5.31. The van der Waals surface area contributed by atoms with E-state index >= 15 is 0 Å². The van der Waals surface area contributed by atoms with E-state index in [0.717, 1.165) is 36.5 Å². The Hall–Kier alpha value is -2.60. The molecule has 1 heterocycles. The highest BCUT2D eigenvalue weighted by Gasteiger charge is 2.13. The van der Waals surface area contributed by atoms with E-state index in [2.05, 4.69) is 17.4 Å². The topological polar surface area (TPSA) is 46.9 Å². The third-order valence-electron chi connectivity index (χ3n) is 4.73. The van der Waals surface area contributed by atoms with Gasteiger partial charge in [-0.25, -0.2) is 4.98 Å². The summed E-state index contributed by atoms with van der Waals surface area (Å²) in [5.74, 6) is 0.861. The zero-order valence-electron chi connectivity index (χ0n) is 16.4. The van der Waals surface area contributed by atoms with Gasteiger partial charge in [0.05, 0.1) is 16.6 Å². The standard InChI is InChI=1S/C24H22ClN3OS/c25-19-11-13-20(14-12-19)28-23(29)21-9-4-5-10-22(21)27-24(28)30-16-6-15-26-17-18-7-2-1-3-8-18/h1-5,7-14,26H,6,15-17H2. The summed E-state index contributed by atoms with van der Waals surface area (Å²) in [5, 5.41) is 5.41. The van der Waals surface area contributed by atoms with Gasteiger partial charge < -0.3 is 5.32 Å². The smallest absolute Gasteiger partial charge is 0.266 e. The van der Waals surface area contributed by atoms with Crippen LogP contribution in [0.4, 0.5) is 0 Å². The molecule has 0 spiro atoms. The molecule has 0 atom stereocenters. The molecule has 4 rings (SSSR count). The normalized spacial score (nSPS) is 11.1. The highest BCUT2D eigenvalue weighted by Crippen LogP contribution is 2.22. The lowest BCUT2D eigenvalue weighted by atomic mass is 10.2. The van der Waals surface area contributed by atoms with Crippen LogP contribution in [-0.2, 0) is 6.54 Å². The van der Waals surface area contributed by atoms with Crippen LogP contribution in [0, 0.1) is 0 Å². The maximum absolute atomic E-state index is 13.2. The average molecular weight is 436 g/mol. The fourth-order valence-electron chi connectivity index (χ4n) is 3.22. The molecular weight excluding hydrogens is 414 g/mol. The Morgan fingerprint density at radius 3 is 2.47 bits per heavy atom. The number of thioether (sulfide) groups is 1. The first-order chi connectivity index (χ1) is 14.7. The molecule has 1 aromatic heterocycles. The molecule has 0 saturated heterocycles. The summed E-state index contributed by atoms with van der Waals surface area (Å²) in [6, 6.07) is 25.1. The molecule has 152 valence electrons. The first kappa shape index (κ1) is 20.7. The van der Waals surface area contributed by atoms with Crippen molar-refractivity contribution in [3.8, 4) is 5.69 Å². The Labute approximate surface area is 184 Å². The van der Waals surface area contributed by atoms with E-state index in [4.69, 9.17) is 16.6 Å². The second-order valence-corrected chi connectivity index (χ2v) is 8.39. The third kappa shape index (κ3) is 4.93. The monoisotopic (exact) mass is 435 g/mol. The second kappa shape index (κ2) is 9.94. The van der Waals surface area contributed by atoms with Crippen molar-refractivity contribution < 1.29 is 0 Å². The Morgan fingerprint density at radius 2 is 1.67 bits per heavy atom. The van der Waals surface area contributed by atoms with Gasteiger partial charge in [0.25, 0.3) is 5.56 Å². The van der Waals surface area contributed by atoms with Crippen molar-refractivity contribution in [1.29, 1.82) is 0 Å². The third-order valence-corrected chi connectivity index (χ3v) is 6.01. The van der Waals surface area contributed by atoms with Crippen LogP contribution >= 0.6 is 23.4 Å². The lowest BCUT2D eigenvalue weighted by Gasteiger charge is -2.13. The van der Waals surface area contributed by atoms with Crippen molar-refractivity contribution >= 4 is 34.3 Å². The predicted molar refractivity (Wildman–Crippen MR) is 126 cm³/mol. The number of rotatable bonds is 8. The number of aromatic nitrogens is 2. The van der Waals surface area contributed by atoms with Gasteiger partial charge in [-0.1, -0.05) is 65.8 Å². The number of hydrogen-bond acceptors (Lipinski definition) is 4. The fourth-order valence-corrected chi connectivity index (χ4v) is 4.29. The van der Waals surface area contributed by atoms with Crippen LogP contribution in [0.1, 0.15) is 12.0 Å². The number of para-hydroxylation sites is 1. The summed E-state index contributed by atoms with van der Waals surface area (Å²) in [5.41, 5.74) is 2.70. The van der Waals surface area contributed by atoms with Crippen LogP contribution in [0.25, 0.3) is 16.6 Å². The molecule has 0 aliphatic rings. The molecule has 0 bridgehead atoms. The van der Waals surface area contributed by atoms with Crippen molar-refractivity contribution in [1.82, 2.24) is 14.9 Å². The lowest BCUT2D eigenvalue weighted by Crippen LogP contribution is -2.22. The van der Waals surface area contributed by atoms with Gasteiger partial charge in [0.1, 0.15) is 0 Å². The summed E-state index contributed by atoms with van der Waals surface area (Å²) in [4.78, 5) is 18.0. The molecule has 0 aliphatic carbocycles. The Bertz CT molecular complexity index is 1180. The second-order valence-electron chi connectivity index (χ2n) is 6.89. The Kier molecular flexibility index (Phi) is 6.84. The molecule has 1 N–H and O–H groups in total. The van der Waals surface area contributed by atoms with Gasteiger partial charge in [-0.3, -0.25) is 9.36 Å². The summed E-state index contributed by atoms with van der Waals surface area (Å²) < 4.78 is 1.68. The number of benzene rings is 3. The molecule has 30 heavy (non-hydrogen) atoms. The van der Waals surface area contributed by atoms with Crippen LogP contribution in [0.2, 0.25) is 5.02 Å². The first-order valence-corrected chi connectivity index (χ1v) is 11.2. The Balaban J connectivity index is 1.49. The van der Waals surface area contributed by atoms with E-state index in [9.17, 15) is 4.79 Å². The molecule has 0 fully saturated rings. The van der Waals surface area contributed by atoms with Gasteiger partial charge in [-0.05, 0) is 54.9 Å². The zero-order valence-corrected chi connectivity index (χ0v) is 18.0. The largest absolute Gasteiger partial charge is 0.313 e. The quantitative estimate of drug-likeness (QED) is 0.231. The number of nitrogens with one attached hydrogen (secondary N) is 1. The van der Waals surface area contributed by atoms with Crippen molar-refractivity contribution in [2.24, 2.45) is 0 Å². The first-order valence-electron chi connectivity index (χ1n) is 9.87. The number of fused-ring (bicyclic) bond motifs is 1. The molecule has 3 aromatic carbocycles. The van der Waals surface area contributed by atoms with Gasteiger partial charge in [0.2, 0.25) is 0 Å². The molecule has 0 unspecified atom stereocenters. The number of hydrogen-bond donors (Lipinski definition) is 1. The average Bonchev–Trinajstić information content (AvgIpc) is 2.78. The van der Waals surface area contributed by atoms with E-state index in [-0.39, 0.29) is 5.56 Å². The molecular formula is C24H22ClN3OS. The van der Waals surface area contributed by atoms with Gasteiger partial charge >= 0.3 is 0 Å². The zero-order chi connectivity index (χ0) is 20.8. The molecule has 0 aliphatic heterocycles. The van der Waals surface area contributed by atoms with Crippen molar-refractivity contribution in [3.63, 3.8) is 0 Å². The molecule has 6 heteroatoms. The molecule has 0 radical (unpaired) electrons. The van der Waals surface area contributed by atoms with Crippen LogP contribution in [0.15, 0.2) is 88.8 Å². The van der Waals surface area contributed by atoms with Crippen LogP contribution in [0.5, 0.6) is 0 Å². The van der Waals surface area contributed by atoms with E-state index < -0.39 is 0 Å². The van der Waals surface area contributed by atoms with Crippen LogP contribution in [0.3, 0.4) is 0 Å². The minimum Gasteiger partial charge on any atom is -0.313 e. The van der Waals surface area contributed by atoms with Gasteiger partial charge in [0, 0.05) is 17.3 Å². The molecule has 0 saturated carbocycles. The summed E-state index contributed by atoms with van der Waals surface area (Å²) in [6.07, 6.45) is 0.973. The minimum absolute atomic E-state index is 0.0624. The lowest BCUT2D eigenvalue weighted by molar-refractivity contribution is 0.678. The molecule has 4 aromatic rings. The SMILES string of the molecule is O=c1c2ccccc2nc(SCCCNCc2ccccc2)n1-c1ccc(Cl)cc1. The van der Waals surface area contributed by atoms with Gasteiger partial charge in [0.15, 0.2) is 5.16 Å². The van der Waals surface area contributed by atoms with Crippen LogP contribution in [-0.4, -0.2) is 21.8 Å². The fraction of sp³-hybridized carbons (Fsp3) is 0.167. The summed E-state index contributed by atoms with van der Waals surface area (Å²) in [6.45, 7) is 1.76. The highest BCUT2D eigenvalue weighted by atomic mass is 35.5. The highest BCUT2D eigenvalue weighted by molar-refractivity contribution is 7.99. The van der Waals surface area contributed by atoms with Gasteiger partial charge in [-0.2, -0.15) is 0 Å². The summed E-state index contributed by atoms with van der Waals surface area (Å²) >= 11 is 7.64. The van der Waals surface area contributed by atoms with E-state index in [1.807, 2.05) is 54.6 Å². The van der Waals surface area contributed by atoms with Crippen molar-refractivity contribution in [2.45, 2.75) is 18.1 Å². The van der Waals surface area contributed by atoms with E-state index in [0.29, 0.717) is 15.6 Å². The number of nitrogens with zero attached hydrogens (tertiary/aromatic N) is 2. The van der Waals surface area contributed by atoms with E-state index in [1.165, 1.54) is 5.56 Å².